The molecule has 1 aromatic heterocycles. The number of nitrogens with zero attached hydrogens (tertiary/aromatic N) is 1. The molecular formula is C18H17BrN2O2. The first-order valence-corrected chi connectivity index (χ1v) is 8.30. The van der Waals surface area contributed by atoms with Crippen LogP contribution in [-0.2, 0) is 6.61 Å². The van der Waals surface area contributed by atoms with Gasteiger partial charge in [-0.15, -0.1) is 0 Å². The van der Waals surface area contributed by atoms with E-state index < -0.39 is 0 Å². The normalized spacial score (nSPS) is 14.0. The predicted octanol–water partition coefficient (Wildman–Crippen LogP) is 3.87. The van der Waals surface area contributed by atoms with E-state index in [2.05, 4.69) is 38.4 Å². The van der Waals surface area contributed by atoms with Crippen LogP contribution in [0, 0.1) is 0 Å². The van der Waals surface area contributed by atoms with Crippen LogP contribution in [0.1, 0.15) is 28.8 Å². The maximum Gasteiger partial charge on any atom is 0.252 e. The average molecular weight is 373 g/mol. The molecule has 0 saturated carbocycles. The monoisotopic (exact) mass is 372 g/mol. The lowest BCUT2D eigenvalue weighted by molar-refractivity contribution is 0.0937. The Balaban J connectivity index is 1.69. The molecule has 0 saturated heterocycles. The molecule has 2 aromatic rings. The van der Waals surface area contributed by atoms with Gasteiger partial charge in [-0.1, -0.05) is 42.5 Å². The van der Waals surface area contributed by atoms with Gasteiger partial charge in [0.05, 0.1) is 10.0 Å². The van der Waals surface area contributed by atoms with Gasteiger partial charge in [0.1, 0.15) is 6.61 Å². The highest BCUT2D eigenvalue weighted by molar-refractivity contribution is 9.10. The van der Waals surface area contributed by atoms with Gasteiger partial charge < -0.3 is 10.1 Å². The lowest BCUT2D eigenvalue weighted by Gasteiger charge is -2.14. The molecule has 0 bridgehead atoms. The van der Waals surface area contributed by atoms with Gasteiger partial charge in [0, 0.05) is 12.2 Å². The smallest absolute Gasteiger partial charge is 0.252 e. The lowest BCUT2D eigenvalue weighted by Crippen LogP contribution is -2.33. The highest BCUT2D eigenvalue weighted by Gasteiger charge is 2.19. The van der Waals surface area contributed by atoms with Crippen molar-refractivity contribution in [2.75, 3.05) is 0 Å². The minimum atomic E-state index is -0.113. The number of hydrogen-bond acceptors (Lipinski definition) is 3. The molecule has 1 N–H and O–H groups in total. The van der Waals surface area contributed by atoms with Crippen molar-refractivity contribution in [2.45, 2.75) is 25.5 Å². The second-order valence-corrected chi connectivity index (χ2v) is 6.16. The summed E-state index contributed by atoms with van der Waals surface area (Å²) in [5.74, 6) is 0.309. The number of pyridine rings is 1. The van der Waals surface area contributed by atoms with Crippen molar-refractivity contribution in [3.8, 4) is 5.88 Å². The van der Waals surface area contributed by atoms with Gasteiger partial charge in [-0.05, 0) is 40.4 Å². The first kappa shape index (κ1) is 15.7. The number of carbonyl (C=O) groups is 1. The molecule has 0 atom stereocenters. The molecule has 0 fully saturated rings. The summed E-state index contributed by atoms with van der Waals surface area (Å²) in [4.78, 5) is 16.6. The van der Waals surface area contributed by atoms with Crippen molar-refractivity contribution in [3.05, 3.63) is 70.3 Å². The number of halogens is 1. The Kier molecular flexibility index (Phi) is 5.08. The molecule has 23 heavy (non-hydrogen) atoms. The fourth-order valence-electron chi connectivity index (χ4n) is 2.42. The van der Waals surface area contributed by atoms with Gasteiger partial charge in [-0.25, -0.2) is 4.98 Å². The van der Waals surface area contributed by atoms with Crippen molar-refractivity contribution < 1.29 is 9.53 Å². The Morgan fingerprint density at radius 2 is 1.96 bits per heavy atom. The van der Waals surface area contributed by atoms with E-state index in [1.165, 1.54) is 0 Å². The number of benzene rings is 1. The number of aromatic nitrogens is 1. The van der Waals surface area contributed by atoms with Crippen LogP contribution in [0.15, 0.2) is 59.2 Å². The van der Waals surface area contributed by atoms with Crippen LogP contribution in [0.3, 0.4) is 0 Å². The van der Waals surface area contributed by atoms with Crippen molar-refractivity contribution in [2.24, 2.45) is 0 Å². The molecule has 0 unspecified atom stereocenters. The van der Waals surface area contributed by atoms with Gasteiger partial charge in [0.15, 0.2) is 0 Å². The summed E-state index contributed by atoms with van der Waals surface area (Å²) in [7, 11) is 0. The molecule has 3 rings (SSSR count). The predicted molar refractivity (Wildman–Crippen MR) is 92.3 cm³/mol. The quantitative estimate of drug-likeness (QED) is 0.810. The van der Waals surface area contributed by atoms with Crippen LogP contribution in [-0.4, -0.2) is 16.9 Å². The van der Waals surface area contributed by atoms with Gasteiger partial charge in [-0.2, -0.15) is 0 Å². The van der Waals surface area contributed by atoms with Crippen LogP contribution in [0.4, 0.5) is 0 Å². The Morgan fingerprint density at radius 3 is 2.70 bits per heavy atom. The van der Waals surface area contributed by atoms with E-state index in [1.54, 1.807) is 12.3 Å². The third-order valence-corrected chi connectivity index (χ3v) is 4.43. The van der Waals surface area contributed by atoms with E-state index in [0.29, 0.717) is 22.5 Å². The van der Waals surface area contributed by atoms with E-state index in [-0.39, 0.29) is 11.9 Å². The van der Waals surface area contributed by atoms with Gasteiger partial charge in [0.25, 0.3) is 5.91 Å². The number of amides is 1. The summed E-state index contributed by atoms with van der Waals surface area (Å²) < 4.78 is 6.32. The number of carbonyl (C=O) groups excluding carboxylic acids is 1. The summed E-state index contributed by atoms with van der Waals surface area (Å²) in [6.07, 6.45) is 7.52. The Bertz CT molecular complexity index is 708. The number of nitrogens with one attached hydrogen (secondary N) is 1. The molecular weight excluding hydrogens is 356 g/mol. The number of rotatable bonds is 5. The molecule has 5 heteroatoms. The fourth-order valence-corrected chi connectivity index (χ4v) is 2.95. The third-order valence-electron chi connectivity index (χ3n) is 3.66. The molecule has 1 aliphatic carbocycles. The topological polar surface area (TPSA) is 51.2 Å². The zero-order valence-corrected chi connectivity index (χ0v) is 14.1. The molecule has 4 nitrogen and oxygen atoms in total. The average Bonchev–Trinajstić information content (AvgIpc) is 3.08. The zero-order valence-electron chi connectivity index (χ0n) is 12.5. The van der Waals surface area contributed by atoms with Crippen LogP contribution >= 0.6 is 15.9 Å². The largest absolute Gasteiger partial charge is 0.472 e. The minimum absolute atomic E-state index is 0.113. The van der Waals surface area contributed by atoms with Crippen molar-refractivity contribution in [1.29, 1.82) is 0 Å². The summed E-state index contributed by atoms with van der Waals surface area (Å²) in [5.41, 5.74) is 1.59. The van der Waals surface area contributed by atoms with Crippen molar-refractivity contribution in [3.63, 3.8) is 0 Å². The van der Waals surface area contributed by atoms with Crippen LogP contribution in [0.5, 0.6) is 5.88 Å². The summed E-state index contributed by atoms with van der Waals surface area (Å²) in [6.45, 7) is 0.407. The number of ether oxygens (including phenoxy) is 1. The van der Waals surface area contributed by atoms with E-state index in [0.717, 1.165) is 18.4 Å². The molecule has 0 radical (unpaired) electrons. The maximum absolute atomic E-state index is 12.4. The molecule has 1 aromatic carbocycles. The SMILES string of the molecule is O=C(NC1CC=CC1)c1ccnc(OCc2ccccc2)c1Br. The second kappa shape index (κ2) is 7.42. The fraction of sp³-hybridized carbons (Fsp3) is 0.222. The van der Waals surface area contributed by atoms with Crippen LogP contribution in [0.25, 0.3) is 0 Å². The molecule has 1 amide bonds. The Hall–Kier alpha value is -2.14. The molecule has 0 spiro atoms. The first-order valence-electron chi connectivity index (χ1n) is 7.51. The van der Waals surface area contributed by atoms with E-state index in [4.69, 9.17) is 4.74 Å². The lowest BCUT2D eigenvalue weighted by atomic mass is 10.2. The van der Waals surface area contributed by atoms with Gasteiger partial charge >= 0.3 is 0 Å². The molecule has 1 aliphatic rings. The summed E-state index contributed by atoms with van der Waals surface area (Å²) >= 11 is 3.44. The van der Waals surface area contributed by atoms with Gasteiger partial charge in [0.2, 0.25) is 5.88 Å². The molecule has 118 valence electrons. The first-order chi connectivity index (χ1) is 11.2. The third kappa shape index (κ3) is 3.99. The standard InChI is InChI=1S/C18H17BrN2O2/c19-16-15(17(22)21-14-8-4-5-9-14)10-11-20-18(16)23-12-13-6-2-1-3-7-13/h1-7,10-11,14H,8-9,12H2,(H,21,22). The summed E-state index contributed by atoms with van der Waals surface area (Å²) in [5, 5.41) is 3.02. The van der Waals surface area contributed by atoms with Crippen molar-refractivity contribution in [1.82, 2.24) is 10.3 Å². The Morgan fingerprint density at radius 1 is 1.22 bits per heavy atom. The van der Waals surface area contributed by atoms with Gasteiger partial charge in [-0.3, -0.25) is 4.79 Å². The van der Waals surface area contributed by atoms with E-state index in [1.807, 2.05) is 30.3 Å². The maximum atomic E-state index is 12.4. The highest BCUT2D eigenvalue weighted by atomic mass is 79.9. The zero-order chi connectivity index (χ0) is 16.1. The highest BCUT2D eigenvalue weighted by Crippen LogP contribution is 2.27. The second-order valence-electron chi connectivity index (χ2n) is 5.37. The van der Waals surface area contributed by atoms with Crippen LogP contribution < -0.4 is 10.1 Å². The minimum Gasteiger partial charge on any atom is -0.472 e. The summed E-state index contributed by atoms with van der Waals surface area (Å²) in [6, 6.07) is 11.7. The van der Waals surface area contributed by atoms with E-state index >= 15 is 0 Å². The van der Waals surface area contributed by atoms with Crippen LogP contribution in [0.2, 0.25) is 0 Å². The van der Waals surface area contributed by atoms with E-state index in [9.17, 15) is 4.79 Å². The molecule has 1 heterocycles. The Labute approximate surface area is 143 Å². The van der Waals surface area contributed by atoms with Crippen molar-refractivity contribution >= 4 is 21.8 Å². The molecule has 0 aliphatic heterocycles. The number of hydrogen-bond donors (Lipinski definition) is 1.